The van der Waals surface area contributed by atoms with Crippen LogP contribution < -0.4 is 0 Å². The van der Waals surface area contributed by atoms with Crippen LogP contribution in [-0.2, 0) is 9.47 Å². The van der Waals surface area contributed by atoms with Crippen molar-refractivity contribution in [3.8, 4) is 0 Å². The summed E-state index contributed by atoms with van der Waals surface area (Å²) in [5.74, 6) is 0.603. The Morgan fingerprint density at radius 2 is 2.13 bits per heavy atom. The van der Waals surface area contributed by atoms with E-state index in [9.17, 15) is 0 Å². The van der Waals surface area contributed by atoms with E-state index in [0.29, 0.717) is 11.3 Å². The highest BCUT2D eigenvalue weighted by molar-refractivity contribution is 5.23. The molecular formula is C13H20O2. The van der Waals surface area contributed by atoms with Crippen LogP contribution in [0.4, 0.5) is 0 Å². The van der Waals surface area contributed by atoms with E-state index in [1.807, 2.05) is 0 Å². The molecule has 0 aromatic rings. The fraction of sp³-hybridized carbons (Fsp3) is 0.846. The van der Waals surface area contributed by atoms with Gasteiger partial charge in [-0.3, -0.25) is 0 Å². The minimum absolute atomic E-state index is 0.0824. The zero-order valence-corrected chi connectivity index (χ0v) is 9.50. The van der Waals surface area contributed by atoms with E-state index in [0.717, 1.165) is 13.2 Å². The zero-order valence-electron chi connectivity index (χ0n) is 9.50. The molecule has 0 spiro atoms. The Morgan fingerprint density at radius 3 is 2.93 bits per heavy atom. The Labute approximate surface area is 91.6 Å². The molecule has 0 N–H and O–H groups in total. The zero-order chi connectivity index (χ0) is 10.3. The van der Waals surface area contributed by atoms with Gasteiger partial charge in [0.25, 0.3) is 0 Å². The highest BCUT2D eigenvalue weighted by Crippen LogP contribution is 2.54. The Hall–Kier alpha value is -0.340. The maximum atomic E-state index is 5.70. The molecule has 2 fully saturated rings. The topological polar surface area (TPSA) is 18.5 Å². The number of fused-ring (bicyclic) bond motifs is 1. The first-order chi connectivity index (χ1) is 7.31. The van der Waals surface area contributed by atoms with E-state index in [-0.39, 0.29) is 6.29 Å². The number of allylic oxidation sites excluding steroid dienone is 2. The molecule has 0 unspecified atom stereocenters. The van der Waals surface area contributed by atoms with Gasteiger partial charge in [0, 0.05) is 5.92 Å². The van der Waals surface area contributed by atoms with Gasteiger partial charge in [0.1, 0.15) is 0 Å². The van der Waals surface area contributed by atoms with Gasteiger partial charge in [0.2, 0.25) is 0 Å². The lowest BCUT2D eigenvalue weighted by atomic mass is 9.70. The second-order valence-corrected chi connectivity index (χ2v) is 5.29. The molecule has 1 saturated heterocycles. The Balaban J connectivity index is 1.85. The summed E-state index contributed by atoms with van der Waals surface area (Å²) in [6.07, 6.45) is 9.02. The van der Waals surface area contributed by atoms with Crippen molar-refractivity contribution < 1.29 is 9.47 Å². The molecule has 3 rings (SSSR count). The standard InChI is InChI=1S/C13H20O2/c1-13-7-3-2-4-10(13)5-6-11(13)12-14-8-9-15-12/h4,11-12H,2-3,5-9H2,1H3/t11-,13+/m1/s1. The highest BCUT2D eigenvalue weighted by Gasteiger charge is 2.48. The number of rotatable bonds is 1. The molecule has 0 bridgehead atoms. The summed E-state index contributed by atoms with van der Waals surface area (Å²) >= 11 is 0. The average molecular weight is 208 g/mol. The van der Waals surface area contributed by atoms with Gasteiger partial charge in [-0.2, -0.15) is 0 Å². The number of ether oxygens (including phenoxy) is 2. The van der Waals surface area contributed by atoms with Crippen LogP contribution >= 0.6 is 0 Å². The summed E-state index contributed by atoms with van der Waals surface area (Å²) < 4.78 is 11.4. The smallest absolute Gasteiger partial charge is 0.161 e. The molecule has 2 nitrogen and oxygen atoms in total. The van der Waals surface area contributed by atoms with Crippen molar-refractivity contribution in [2.24, 2.45) is 11.3 Å². The third-order valence-electron chi connectivity index (χ3n) is 4.54. The van der Waals surface area contributed by atoms with Crippen LogP contribution in [0.5, 0.6) is 0 Å². The summed E-state index contributed by atoms with van der Waals surface area (Å²) in [6.45, 7) is 3.99. The summed E-state index contributed by atoms with van der Waals surface area (Å²) in [7, 11) is 0. The van der Waals surface area contributed by atoms with Gasteiger partial charge < -0.3 is 9.47 Å². The largest absolute Gasteiger partial charge is 0.350 e. The molecular weight excluding hydrogens is 188 g/mol. The molecule has 3 aliphatic rings. The summed E-state index contributed by atoms with van der Waals surface area (Å²) in [5, 5.41) is 0. The third-order valence-corrected chi connectivity index (χ3v) is 4.54. The first-order valence-corrected chi connectivity index (χ1v) is 6.23. The van der Waals surface area contributed by atoms with Gasteiger partial charge in [-0.15, -0.1) is 0 Å². The molecule has 2 aliphatic carbocycles. The molecule has 2 atom stereocenters. The van der Waals surface area contributed by atoms with E-state index in [4.69, 9.17) is 9.47 Å². The Bertz CT molecular complexity index is 278. The van der Waals surface area contributed by atoms with Crippen LogP contribution in [0.3, 0.4) is 0 Å². The first kappa shape index (κ1) is 9.86. The molecule has 0 aromatic heterocycles. The van der Waals surface area contributed by atoms with E-state index in [1.54, 1.807) is 5.57 Å². The van der Waals surface area contributed by atoms with Gasteiger partial charge >= 0.3 is 0 Å². The number of hydrogen-bond donors (Lipinski definition) is 0. The van der Waals surface area contributed by atoms with Crippen LogP contribution in [0.1, 0.15) is 39.0 Å². The third kappa shape index (κ3) is 1.46. The summed E-state index contributed by atoms with van der Waals surface area (Å²) in [6, 6.07) is 0. The lowest BCUT2D eigenvalue weighted by Crippen LogP contribution is -2.34. The van der Waals surface area contributed by atoms with E-state index < -0.39 is 0 Å². The molecule has 1 saturated carbocycles. The molecule has 84 valence electrons. The lowest BCUT2D eigenvalue weighted by Gasteiger charge is -2.37. The predicted octanol–water partition coefficient (Wildman–Crippen LogP) is 2.89. The van der Waals surface area contributed by atoms with Crippen LogP contribution in [0, 0.1) is 11.3 Å². The van der Waals surface area contributed by atoms with Crippen molar-refractivity contribution >= 4 is 0 Å². The van der Waals surface area contributed by atoms with E-state index >= 15 is 0 Å². The SMILES string of the molecule is C[C@]12CCCC=C1CC[C@@H]2C1OCCO1. The molecule has 0 radical (unpaired) electrons. The number of hydrogen-bond acceptors (Lipinski definition) is 2. The predicted molar refractivity (Wildman–Crippen MR) is 58.5 cm³/mol. The maximum absolute atomic E-state index is 5.70. The van der Waals surface area contributed by atoms with Crippen molar-refractivity contribution in [1.82, 2.24) is 0 Å². The quantitative estimate of drug-likeness (QED) is 0.617. The van der Waals surface area contributed by atoms with Crippen LogP contribution in [0.2, 0.25) is 0 Å². The van der Waals surface area contributed by atoms with Gasteiger partial charge in [-0.1, -0.05) is 18.6 Å². The van der Waals surface area contributed by atoms with Crippen LogP contribution in [-0.4, -0.2) is 19.5 Å². The Morgan fingerprint density at radius 1 is 1.33 bits per heavy atom. The second-order valence-electron chi connectivity index (χ2n) is 5.29. The summed E-state index contributed by atoms with van der Waals surface area (Å²) in [4.78, 5) is 0. The fourth-order valence-electron chi connectivity index (χ4n) is 3.63. The first-order valence-electron chi connectivity index (χ1n) is 6.23. The molecule has 1 heterocycles. The van der Waals surface area contributed by atoms with Crippen molar-refractivity contribution in [3.63, 3.8) is 0 Å². The summed E-state index contributed by atoms with van der Waals surface area (Å²) in [5.41, 5.74) is 2.06. The molecule has 2 heteroatoms. The molecule has 1 aliphatic heterocycles. The molecule has 15 heavy (non-hydrogen) atoms. The second kappa shape index (κ2) is 3.60. The van der Waals surface area contributed by atoms with Crippen molar-refractivity contribution in [2.75, 3.05) is 13.2 Å². The minimum atomic E-state index is 0.0824. The van der Waals surface area contributed by atoms with Crippen molar-refractivity contribution in [2.45, 2.75) is 45.3 Å². The Kier molecular flexibility index (Phi) is 2.37. The van der Waals surface area contributed by atoms with E-state index in [2.05, 4.69) is 13.0 Å². The maximum Gasteiger partial charge on any atom is 0.161 e. The van der Waals surface area contributed by atoms with Gasteiger partial charge in [-0.05, 0) is 37.5 Å². The van der Waals surface area contributed by atoms with Crippen LogP contribution in [0.15, 0.2) is 11.6 Å². The molecule has 0 amide bonds. The minimum Gasteiger partial charge on any atom is -0.350 e. The van der Waals surface area contributed by atoms with Crippen LogP contribution in [0.25, 0.3) is 0 Å². The normalized spacial score (nSPS) is 41.7. The lowest BCUT2D eigenvalue weighted by molar-refractivity contribution is -0.108. The monoisotopic (exact) mass is 208 g/mol. The van der Waals surface area contributed by atoms with Gasteiger partial charge in [0.05, 0.1) is 13.2 Å². The average Bonchev–Trinajstić information content (AvgIpc) is 2.82. The van der Waals surface area contributed by atoms with Gasteiger partial charge in [-0.25, -0.2) is 0 Å². The fourth-order valence-corrected chi connectivity index (χ4v) is 3.63. The highest BCUT2D eigenvalue weighted by atomic mass is 16.7. The van der Waals surface area contributed by atoms with E-state index in [1.165, 1.54) is 32.1 Å². The van der Waals surface area contributed by atoms with Crippen molar-refractivity contribution in [1.29, 1.82) is 0 Å². The molecule has 0 aromatic carbocycles. The van der Waals surface area contributed by atoms with Gasteiger partial charge in [0.15, 0.2) is 6.29 Å². The van der Waals surface area contributed by atoms with Crippen molar-refractivity contribution in [3.05, 3.63) is 11.6 Å².